The van der Waals surface area contributed by atoms with Crippen LogP contribution in [-0.2, 0) is 0 Å². The van der Waals surface area contributed by atoms with Gasteiger partial charge in [-0.05, 0) is 36.4 Å². The standard InChI is InChI=1S/C19H17Cl2N3O2S/c1-26-16-5-3-12(20)10-14(16)18(25)23-6-8-24(9-7-23)19-22-15-4-2-13(21)11-17(15)27-19/h2-5,10-11H,6-9H2,1H3. The number of amides is 1. The number of benzene rings is 2. The number of carbonyl (C=O) groups excluding carboxylic acids is 1. The summed E-state index contributed by atoms with van der Waals surface area (Å²) in [6.07, 6.45) is 0. The lowest BCUT2D eigenvalue weighted by Gasteiger charge is -2.34. The molecular formula is C19H17Cl2N3O2S. The van der Waals surface area contributed by atoms with E-state index in [-0.39, 0.29) is 5.91 Å². The normalized spacial score (nSPS) is 14.6. The van der Waals surface area contributed by atoms with E-state index >= 15 is 0 Å². The van der Waals surface area contributed by atoms with Gasteiger partial charge in [0.15, 0.2) is 5.13 Å². The molecule has 1 amide bonds. The van der Waals surface area contributed by atoms with Gasteiger partial charge in [-0.2, -0.15) is 0 Å². The minimum atomic E-state index is -0.0647. The van der Waals surface area contributed by atoms with Gasteiger partial charge in [0.1, 0.15) is 5.75 Å². The summed E-state index contributed by atoms with van der Waals surface area (Å²) in [5.74, 6) is 0.472. The molecule has 140 valence electrons. The fourth-order valence-electron chi connectivity index (χ4n) is 3.14. The van der Waals surface area contributed by atoms with Gasteiger partial charge in [0.2, 0.25) is 0 Å². The zero-order chi connectivity index (χ0) is 19.0. The van der Waals surface area contributed by atoms with Crippen LogP contribution in [0.5, 0.6) is 5.75 Å². The van der Waals surface area contributed by atoms with Crippen LogP contribution in [0.4, 0.5) is 5.13 Å². The van der Waals surface area contributed by atoms with Gasteiger partial charge in [0.05, 0.1) is 22.9 Å². The van der Waals surface area contributed by atoms with Crippen molar-refractivity contribution in [2.45, 2.75) is 0 Å². The Hall–Kier alpha value is -2.02. The smallest absolute Gasteiger partial charge is 0.257 e. The van der Waals surface area contributed by atoms with E-state index in [1.165, 1.54) is 0 Å². The van der Waals surface area contributed by atoms with Crippen LogP contribution in [0.2, 0.25) is 10.0 Å². The molecule has 0 saturated carbocycles. The molecule has 0 unspecified atom stereocenters. The van der Waals surface area contributed by atoms with Crippen molar-refractivity contribution >= 4 is 55.8 Å². The molecule has 1 saturated heterocycles. The second kappa shape index (κ2) is 7.54. The van der Waals surface area contributed by atoms with Crippen molar-refractivity contribution in [1.29, 1.82) is 0 Å². The molecule has 27 heavy (non-hydrogen) atoms. The number of nitrogens with zero attached hydrogens (tertiary/aromatic N) is 3. The molecule has 1 aliphatic rings. The maximum Gasteiger partial charge on any atom is 0.257 e. The summed E-state index contributed by atoms with van der Waals surface area (Å²) < 4.78 is 6.38. The molecule has 5 nitrogen and oxygen atoms in total. The highest BCUT2D eigenvalue weighted by molar-refractivity contribution is 7.22. The molecule has 8 heteroatoms. The van der Waals surface area contributed by atoms with Crippen LogP contribution in [0.15, 0.2) is 36.4 Å². The van der Waals surface area contributed by atoms with Crippen molar-refractivity contribution in [1.82, 2.24) is 9.88 Å². The van der Waals surface area contributed by atoms with Crippen molar-refractivity contribution in [3.63, 3.8) is 0 Å². The third-order valence-corrected chi connectivity index (χ3v) is 6.12. The zero-order valence-corrected chi connectivity index (χ0v) is 16.9. The summed E-state index contributed by atoms with van der Waals surface area (Å²) in [5.41, 5.74) is 1.44. The van der Waals surface area contributed by atoms with Gasteiger partial charge in [-0.3, -0.25) is 4.79 Å². The first-order chi connectivity index (χ1) is 13.0. The van der Waals surface area contributed by atoms with E-state index in [9.17, 15) is 4.79 Å². The predicted molar refractivity (Wildman–Crippen MR) is 111 cm³/mol. The van der Waals surface area contributed by atoms with E-state index in [1.54, 1.807) is 36.6 Å². The first-order valence-corrected chi connectivity index (χ1v) is 10.1. The fourth-order valence-corrected chi connectivity index (χ4v) is 4.61. The molecule has 4 rings (SSSR count). The number of aromatic nitrogens is 1. The number of methoxy groups -OCH3 is 1. The van der Waals surface area contributed by atoms with Crippen LogP contribution >= 0.6 is 34.5 Å². The van der Waals surface area contributed by atoms with Gasteiger partial charge in [0.25, 0.3) is 5.91 Å². The van der Waals surface area contributed by atoms with Crippen LogP contribution in [0.3, 0.4) is 0 Å². The molecule has 0 atom stereocenters. The molecule has 0 bridgehead atoms. The number of anilines is 1. The minimum absolute atomic E-state index is 0.0647. The van der Waals surface area contributed by atoms with Crippen molar-refractivity contribution < 1.29 is 9.53 Å². The summed E-state index contributed by atoms with van der Waals surface area (Å²) >= 11 is 13.7. The van der Waals surface area contributed by atoms with E-state index < -0.39 is 0 Å². The maximum absolute atomic E-state index is 12.9. The number of thiazole rings is 1. The van der Waals surface area contributed by atoms with Crippen LogP contribution in [-0.4, -0.2) is 49.1 Å². The average molecular weight is 422 g/mol. The van der Waals surface area contributed by atoms with Gasteiger partial charge in [-0.25, -0.2) is 4.98 Å². The molecule has 0 spiro atoms. The lowest BCUT2D eigenvalue weighted by molar-refractivity contribution is 0.0743. The molecule has 0 N–H and O–H groups in total. The maximum atomic E-state index is 12.9. The number of rotatable bonds is 3. The van der Waals surface area contributed by atoms with E-state index in [0.717, 1.165) is 28.4 Å². The first-order valence-electron chi connectivity index (χ1n) is 8.49. The molecule has 2 heterocycles. The average Bonchev–Trinajstić information content (AvgIpc) is 3.10. The highest BCUT2D eigenvalue weighted by atomic mass is 35.5. The molecule has 2 aromatic carbocycles. The highest BCUT2D eigenvalue weighted by Gasteiger charge is 2.26. The molecule has 1 aromatic heterocycles. The first kappa shape index (κ1) is 18.3. The van der Waals surface area contributed by atoms with Crippen LogP contribution in [0, 0.1) is 0 Å². The Kier molecular flexibility index (Phi) is 5.12. The zero-order valence-electron chi connectivity index (χ0n) is 14.6. The van der Waals surface area contributed by atoms with Crippen molar-refractivity contribution in [3.05, 3.63) is 52.0 Å². The highest BCUT2D eigenvalue weighted by Crippen LogP contribution is 2.31. The monoisotopic (exact) mass is 421 g/mol. The van der Waals surface area contributed by atoms with Crippen molar-refractivity contribution in [2.24, 2.45) is 0 Å². The van der Waals surface area contributed by atoms with Gasteiger partial charge in [-0.15, -0.1) is 0 Å². The molecule has 1 aliphatic heterocycles. The Balaban J connectivity index is 1.48. The summed E-state index contributed by atoms with van der Waals surface area (Å²) in [4.78, 5) is 21.6. The Morgan fingerprint density at radius 1 is 1.07 bits per heavy atom. The second-order valence-electron chi connectivity index (χ2n) is 6.23. The number of carbonyl (C=O) groups is 1. The number of ether oxygens (including phenoxy) is 1. The number of piperazine rings is 1. The number of fused-ring (bicyclic) bond motifs is 1. The third kappa shape index (κ3) is 3.70. The van der Waals surface area contributed by atoms with E-state index in [1.807, 2.05) is 23.1 Å². The van der Waals surface area contributed by atoms with Crippen LogP contribution in [0.25, 0.3) is 10.2 Å². The topological polar surface area (TPSA) is 45.7 Å². The second-order valence-corrected chi connectivity index (χ2v) is 8.11. The summed E-state index contributed by atoms with van der Waals surface area (Å²) in [7, 11) is 1.55. The SMILES string of the molecule is COc1ccc(Cl)cc1C(=O)N1CCN(c2nc3ccc(Cl)cc3s2)CC1. The summed E-state index contributed by atoms with van der Waals surface area (Å²) in [5, 5.41) is 2.19. The van der Waals surface area contributed by atoms with Crippen molar-refractivity contribution in [2.75, 3.05) is 38.2 Å². The molecular weight excluding hydrogens is 405 g/mol. The van der Waals surface area contributed by atoms with E-state index in [0.29, 0.717) is 34.4 Å². The minimum Gasteiger partial charge on any atom is -0.496 e. The quantitative estimate of drug-likeness (QED) is 0.620. The number of hydrogen-bond acceptors (Lipinski definition) is 5. The van der Waals surface area contributed by atoms with Gasteiger partial charge >= 0.3 is 0 Å². The Bertz CT molecular complexity index is 1000. The van der Waals surface area contributed by atoms with Crippen LogP contribution < -0.4 is 9.64 Å². The predicted octanol–water partition coefficient (Wildman–Crippen LogP) is 4.57. The van der Waals surface area contributed by atoms with Crippen LogP contribution in [0.1, 0.15) is 10.4 Å². The van der Waals surface area contributed by atoms with Gasteiger partial charge in [0, 0.05) is 36.2 Å². The lowest BCUT2D eigenvalue weighted by Crippen LogP contribution is -2.48. The fraction of sp³-hybridized carbons (Fsp3) is 0.263. The molecule has 0 aliphatic carbocycles. The largest absolute Gasteiger partial charge is 0.496 e. The van der Waals surface area contributed by atoms with Crippen molar-refractivity contribution in [3.8, 4) is 5.75 Å². The number of halogens is 2. The molecule has 3 aromatic rings. The Morgan fingerprint density at radius 3 is 2.52 bits per heavy atom. The summed E-state index contributed by atoms with van der Waals surface area (Å²) in [6, 6.07) is 10.8. The van der Waals surface area contributed by atoms with E-state index in [2.05, 4.69) is 9.88 Å². The molecule has 0 radical (unpaired) electrons. The molecule has 1 fully saturated rings. The number of hydrogen-bond donors (Lipinski definition) is 0. The lowest BCUT2D eigenvalue weighted by atomic mass is 10.1. The van der Waals surface area contributed by atoms with Gasteiger partial charge in [-0.1, -0.05) is 34.5 Å². The summed E-state index contributed by atoms with van der Waals surface area (Å²) in [6.45, 7) is 2.68. The Labute approximate surface area is 171 Å². The third-order valence-electron chi connectivity index (χ3n) is 4.57. The Morgan fingerprint density at radius 2 is 1.78 bits per heavy atom. The van der Waals surface area contributed by atoms with E-state index in [4.69, 9.17) is 27.9 Å². The van der Waals surface area contributed by atoms with Gasteiger partial charge < -0.3 is 14.5 Å².